The van der Waals surface area contributed by atoms with Crippen LogP contribution >= 0.6 is 0 Å². The molecule has 0 unspecified atom stereocenters. The molecule has 0 spiro atoms. The standard InChI is InChI=1S/C13H15NO3/c1-4-5-12(15)14-11-8-10(13(16)17-3)7-6-9(11)2/h4-8H,1-3H3,(H,14,15)/b5-4-. The molecule has 0 heterocycles. The van der Waals surface area contributed by atoms with E-state index in [9.17, 15) is 9.59 Å². The van der Waals surface area contributed by atoms with E-state index < -0.39 is 5.97 Å². The van der Waals surface area contributed by atoms with Crippen molar-refractivity contribution in [1.82, 2.24) is 0 Å². The second kappa shape index (κ2) is 5.84. The highest BCUT2D eigenvalue weighted by Crippen LogP contribution is 2.17. The number of ether oxygens (including phenoxy) is 1. The van der Waals surface area contributed by atoms with E-state index in [4.69, 9.17) is 0 Å². The van der Waals surface area contributed by atoms with Gasteiger partial charge in [0.2, 0.25) is 5.91 Å². The summed E-state index contributed by atoms with van der Waals surface area (Å²) < 4.78 is 4.62. The maximum Gasteiger partial charge on any atom is 0.337 e. The maximum absolute atomic E-state index is 11.4. The van der Waals surface area contributed by atoms with Crippen LogP contribution in [0.4, 0.5) is 5.69 Å². The number of hydrogen-bond acceptors (Lipinski definition) is 3. The van der Waals surface area contributed by atoms with Gasteiger partial charge in [-0.25, -0.2) is 4.79 Å². The number of amides is 1. The summed E-state index contributed by atoms with van der Waals surface area (Å²) in [5.74, 6) is -0.649. The summed E-state index contributed by atoms with van der Waals surface area (Å²) in [5, 5.41) is 2.70. The number of carbonyl (C=O) groups is 2. The highest BCUT2D eigenvalue weighted by Gasteiger charge is 2.08. The van der Waals surface area contributed by atoms with Crippen LogP contribution in [-0.2, 0) is 9.53 Å². The fourth-order valence-electron chi connectivity index (χ4n) is 1.33. The molecule has 4 nitrogen and oxygen atoms in total. The Morgan fingerprint density at radius 1 is 1.35 bits per heavy atom. The number of rotatable bonds is 3. The highest BCUT2D eigenvalue weighted by atomic mass is 16.5. The summed E-state index contributed by atoms with van der Waals surface area (Å²) in [6.45, 7) is 3.61. The summed E-state index contributed by atoms with van der Waals surface area (Å²) in [7, 11) is 1.32. The van der Waals surface area contributed by atoms with Crippen molar-refractivity contribution >= 4 is 17.6 Å². The van der Waals surface area contributed by atoms with Gasteiger partial charge in [-0.15, -0.1) is 0 Å². The maximum atomic E-state index is 11.4. The average Bonchev–Trinajstić information content (AvgIpc) is 2.31. The van der Waals surface area contributed by atoms with Gasteiger partial charge in [0, 0.05) is 5.69 Å². The summed E-state index contributed by atoms with van der Waals surface area (Å²) >= 11 is 0. The zero-order valence-electron chi connectivity index (χ0n) is 10.1. The molecule has 17 heavy (non-hydrogen) atoms. The molecule has 1 aromatic carbocycles. The molecule has 0 bridgehead atoms. The van der Waals surface area contributed by atoms with Gasteiger partial charge in [0.1, 0.15) is 0 Å². The molecule has 0 fully saturated rings. The van der Waals surface area contributed by atoms with Crippen molar-refractivity contribution in [3.05, 3.63) is 41.5 Å². The minimum Gasteiger partial charge on any atom is -0.465 e. The normalized spacial score (nSPS) is 10.3. The van der Waals surface area contributed by atoms with Crippen molar-refractivity contribution in [3.8, 4) is 0 Å². The molecule has 0 aliphatic carbocycles. The van der Waals surface area contributed by atoms with E-state index in [1.165, 1.54) is 13.2 Å². The smallest absolute Gasteiger partial charge is 0.337 e. The van der Waals surface area contributed by atoms with E-state index in [-0.39, 0.29) is 5.91 Å². The molecule has 0 aliphatic rings. The van der Waals surface area contributed by atoms with Crippen LogP contribution in [0.2, 0.25) is 0 Å². The lowest BCUT2D eigenvalue weighted by Crippen LogP contribution is -2.10. The van der Waals surface area contributed by atoms with Crippen LogP contribution in [-0.4, -0.2) is 19.0 Å². The number of hydrogen-bond donors (Lipinski definition) is 1. The molecule has 0 radical (unpaired) electrons. The summed E-state index contributed by atoms with van der Waals surface area (Å²) in [5.41, 5.74) is 1.90. The summed E-state index contributed by atoms with van der Waals surface area (Å²) in [6.07, 6.45) is 3.07. The topological polar surface area (TPSA) is 55.4 Å². The largest absolute Gasteiger partial charge is 0.465 e. The first-order valence-electron chi connectivity index (χ1n) is 5.21. The summed E-state index contributed by atoms with van der Waals surface area (Å²) in [4.78, 5) is 22.7. The zero-order valence-corrected chi connectivity index (χ0v) is 10.1. The molecule has 0 aliphatic heterocycles. The van der Waals surface area contributed by atoms with Gasteiger partial charge in [0.15, 0.2) is 0 Å². The first-order chi connectivity index (χ1) is 8.08. The molecule has 0 aromatic heterocycles. The van der Waals surface area contributed by atoms with Crippen LogP contribution in [0.1, 0.15) is 22.8 Å². The van der Waals surface area contributed by atoms with Crippen molar-refractivity contribution in [2.75, 3.05) is 12.4 Å². The molecular weight excluding hydrogens is 218 g/mol. The van der Waals surface area contributed by atoms with Crippen LogP contribution in [0.5, 0.6) is 0 Å². The van der Waals surface area contributed by atoms with Crippen LogP contribution < -0.4 is 5.32 Å². The molecule has 0 atom stereocenters. The van der Waals surface area contributed by atoms with Crippen molar-refractivity contribution in [2.45, 2.75) is 13.8 Å². The molecule has 1 aromatic rings. The predicted molar refractivity (Wildman–Crippen MR) is 66.0 cm³/mol. The van der Waals surface area contributed by atoms with E-state index in [1.807, 2.05) is 6.92 Å². The van der Waals surface area contributed by atoms with Crippen LogP contribution in [0.15, 0.2) is 30.4 Å². The number of benzene rings is 1. The Labute approximate surface area is 100 Å². The molecule has 0 saturated heterocycles. The van der Waals surface area contributed by atoms with E-state index in [1.54, 1.807) is 31.2 Å². The second-order valence-corrected chi connectivity index (χ2v) is 3.51. The van der Waals surface area contributed by atoms with Gasteiger partial charge in [-0.3, -0.25) is 4.79 Å². The van der Waals surface area contributed by atoms with Gasteiger partial charge in [0.05, 0.1) is 12.7 Å². The van der Waals surface area contributed by atoms with Gasteiger partial charge in [-0.1, -0.05) is 12.1 Å². The number of anilines is 1. The lowest BCUT2D eigenvalue weighted by atomic mass is 10.1. The third kappa shape index (κ3) is 3.45. The second-order valence-electron chi connectivity index (χ2n) is 3.51. The highest BCUT2D eigenvalue weighted by molar-refractivity contribution is 6.00. The molecule has 1 N–H and O–H groups in total. The van der Waals surface area contributed by atoms with Gasteiger partial charge < -0.3 is 10.1 Å². The van der Waals surface area contributed by atoms with Crippen molar-refractivity contribution in [3.63, 3.8) is 0 Å². The third-order valence-corrected chi connectivity index (χ3v) is 2.23. The first kappa shape index (κ1) is 13.0. The average molecular weight is 233 g/mol. The Hall–Kier alpha value is -2.10. The molecule has 0 saturated carbocycles. The Balaban J connectivity index is 2.98. The first-order valence-corrected chi connectivity index (χ1v) is 5.21. The molecule has 90 valence electrons. The third-order valence-electron chi connectivity index (χ3n) is 2.23. The van der Waals surface area contributed by atoms with E-state index in [0.29, 0.717) is 11.3 Å². The lowest BCUT2D eigenvalue weighted by molar-refractivity contribution is -0.111. The lowest BCUT2D eigenvalue weighted by Gasteiger charge is -2.08. The number of nitrogens with one attached hydrogen (secondary N) is 1. The van der Waals surface area contributed by atoms with Gasteiger partial charge in [0.25, 0.3) is 0 Å². The van der Waals surface area contributed by atoms with E-state index in [2.05, 4.69) is 10.1 Å². The zero-order chi connectivity index (χ0) is 12.8. The fourth-order valence-corrected chi connectivity index (χ4v) is 1.33. The number of methoxy groups -OCH3 is 1. The van der Waals surface area contributed by atoms with E-state index in [0.717, 1.165) is 5.56 Å². The number of carbonyl (C=O) groups excluding carboxylic acids is 2. The Bertz CT molecular complexity index is 464. The molecule has 1 amide bonds. The fraction of sp³-hybridized carbons (Fsp3) is 0.231. The minimum absolute atomic E-state index is 0.224. The van der Waals surface area contributed by atoms with Crippen LogP contribution in [0, 0.1) is 6.92 Å². The molecule has 4 heteroatoms. The molecule has 1 rings (SSSR count). The van der Waals surface area contributed by atoms with Crippen LogP contribution in [0.3, 0.4) is 0 Å². The van der Waals surface area contributed by atoms with E-state index >= 15 is 0 Å². The number of allylic oxidation sites excluding steroid dienone is 1. The predicted octanol–water partition coefficient (Wildman–Crippen LogP) is 2.30. The minimum atomic E-state index is -0.425. The quantitative estimate of drug-likeness (QED) is 0.643. The monoisotopic (exact) mass is 233 g/mol. The Morgan fingerprint density at radius 3 is 2.65 bits per heavy atom. The Morgan fingerprint density at radius 2 is 2.06 bits per heavy atom. The van der Waals surface area contributed by atoms with Crippen molar-refractivity contribution in [1.29, 1.82) is 0 Å². The molecular formula is C13H15NO3. The van der Waals surface area contributed by atoms with Gasteiger partial charge >= 0.3 is 5.97 Å². The van der Waals surface area contributed by atoms with Gasteiger partial charge in [-0.05, 0) is 37.6 Å². The van der Waals surface area contributed by atoms with Gasteiger partial charge in [-0.2, -0.15) is 0 Å². The summed E-state index contributed by atoms with van der Waals surface area (Å²) in [6, 6.07) is 5.02. The number of esters is 1. The number of aryl methyl sites for hydroxylation is 1. The van der Waals surface area contributed by atoms with Crippen molar-refractivity contribution < 1.29 is 14.3 Å². The SMILES string of the molecule is C/C=C\C(=O)Nc1cc(C(=O)OC)ccc1C. The van der Waals surface area contributed by atoms with Crippen LogP contribution in [0.25, 0.3) is 0 Å². The van der Waals surface area contributed by atoms with Crippen molar-refractivity contribution in [2.24, 2.45) is 0 Å². The Kier molecular flexibility index (Phi) is 4.46.